The zero-order valence-corrected chi connectivity index (χ0v) is 23.7. The lowest BCUT2D eigenvalue weighted by atomic mass is 10.1. The molecule has 0 amide bonds. The number of aliphatic hydroxyl groups excluding tert-OH is 4. The number of nitrogen functional groups attached to an aromatic ring is 1. The fraction of sp³-hybridized carbons (Fsp3) is 0.600. The fourth-order valence-electron chi connectivity index (χ4n) is 4.07. The molecule has 2 aromatic heterocycles. The molecule has 4 rings (SSSR count). The number of anilines is 1. The van der Waals surface area contributed by atoms with Gasteiger partial charge in [-0.25, -0.2) is 28.9 Å². The van der Waals surface area contributed by atoms with Gasteiger partial charge in [0.1, 0.15) is 42.4 Å². The van der Waals surface area contributed by atoms with E-state index in [2.05, 4.69) is 28.3 Å². The Morgan fingerprint density at radius 2 is 1.64 bits per heavy atom. The van der Waals surface area contributed by atoms with Gasteiger partial charge in [-0.1, -0.05) is 5.57 Å². The van der Waals surface area contributed by atoms with E-state index in [-0.39, 0.29) is 17.0 Å². The molecule has 0 spiro atoms. The van der Waals surface area contributed by atoms with Crippen LogP contribution in [-0.4, -0.2) is 112 Å². The standard InChI is InChI=1S/C20H29N5O15P2/c1-8(2)3-11(26)39-16-10(38-20(30)15(16)29)5-36-42(33,34)40-41(31,32)35-4-9-13(27)14(28)19(37-9)25-7-24-12-17(21)22-6-23-18(12)25/h3,6-7,9-10,13-16,19-20,27-30H,4-5H2,1-2H3,(H,31,32)(H,33,34)(H2,21,22,23)/t9-,10+,13-,14-,15+,16+,19-,20?/m1/s1. The van der Waals surface area contributed by atoms with E-state index < -0.39 is 84.0 Å². The highest BCUT2D eigenvalue weighted by molar-refractivity contribution is 7.61. The summed E-state index contributed by atoms with van der Waals surface area (Å²) in [6.07, 6.45) is -9.10. The number of carbonyl (C=O) groups excluding carboxylic acids is 1. The van der Waals surface area contributed by atoms with Crippen LogP contribution in [0.2, 0.25) is 0 Å². The van der Waals surface area contributed by atoms with Crippen molar-refractivity contribution in [1.29, 1.82) is 0 Å². The maximum atomic E-state index is 12.4. The van der Waals surface area contributed by atoms with Crippen molar-refractivity contribution in [2.45, 2.75) is 63.0 Å². The highest BCUT2D eigenvalue weighted by Gasteiger charge is 2.48. The molecule has 22 heteroatoms. The van der Waals surface area contributed by atoms with Gasteiger partial charge in [-0.15, -0.1) is 0 Å². The van der Waals surface area contributed by atoms with Crippen LogP contribution in [0.1, 0.15) is 20.1 Å². The van der Waals surface area contributed by atoms with Gasteiger partial charge in [0, 0.05) is 6.08 Å². The molecule has 3 unspecified atom stereocenters. The summed E-state index contributed by atoms with van der Waals surface area (Å²) in [5.41, 5.74) is 6.65. The van der Waals surface area contributed by atoms with E-state index >= 15 is 0 Å². The lowest BCUT2D eigenvalue weighted by Gasteiger charge is -2.22. The monoisotopic (exact) mass is 641 g/mol. The number of hydrogen-bond acceptors (Lipinski definition) is 17. The van der Waals surface area contributed by atoms with Gasteiger partial charge in [-0.2, -0.15) is 4.31 Å². The first-order valence-electron chi connectivity index (χ1n) is 12.1. The molecule has 2 fully saturated rings. The maximum absolute atomic E-state index is 12.4. The number of hydrogen-bond donors (Lipinski definition) is 7. The van der Waals surface area contributed by atoms with Crippen LogP contribution in [0, 0.1) is 0 Å². The summed E-state index contributed by atoms with van der Waals surface area (Å²) in [7, 11) is -10.8. The first-order valence-corrected chi connectivity index (χ1v) is 15.1. The second-order valence-electron chi connectivity index (χ2n) is 9.42. The van der Waals surface area contributed by atoms with Crippen molar-refractivity contribution in [3.8, 4) is 0 Å². The number of esters is 1. The molecule has 2 aliphatic heterocycles. The Bertz CT molecular complexity index is 1420. The van der Waals surface area contributed by atoms with Crippen molar-refractivity contribution in [1.82, 2.24) is 19.5 Å². The van der Waals surface area contributed by atoms with Crippen LogP contribution in [0.15, 0.2) is 24.3 Å². The molecule has 4 heterocycles. The molecule has 20 nitrogen and oxygen atoms in total. The average molecular weight is 641 g/mol. The summed E-state index contributed by atoms with van der Waals surface area (Å²) < 4.78 is 55.0. The van der Waals surface area contributed by atoms with Crippen molar-refractivity contribution in [3.63, 3.8) is 0 Å². The highest BCUT2D eigenvalue weighted by Crippen LogP contribution is 2.60. The third kappa shape index (κ3) is 7.37. The van der Waals surface area contributed by atoms with Gasteiger partial charge < -0.3 is 50.2 Å². The summed E-state index contributed by atoms with van der Waals surface area (Å²) >= 11 is 0. The molecule has 2 saturated heterocycles. The number of rotatable bonds is 11. The minimum Gasteiger partial charge on any atom is -0.453 e. The van der Waals surface area contributed by atoms with Crippen LogP contribution < -0.4 is 5.73 Å². The van der Waals surface area contributed by atoms with Crippen molar-refractivity contribution in [2.24, 2.45) is 0 Å². The fourth-order valence-corrected chi connectivity index (χ4v) is 6.16. The molecule has 10 atom stereocenters. The summed E-state index contributed by atoms with van der Waals surface area (Å²) in [5.74, 6) is -0.853. The largest absolute Gasteiger partial charge is 0.481 e. The first-order chi connectivity index (χ1) is 19.6. The summed E-state index contributed by atoms with van der Waals surface area (Å²) in [6.45, 7) is 1.35. The minimum absolute atomic E-state index is 0.0489. The highest BCUT2D eigenvalue weighted by atomic mass is 31.3. The number of aliphatic hydroxyl groups is 4. The van der Waals surface area contributed by atoms with Gasteiger partial charge >= 0.3 is 21.6 Å². The van der Waals surface area contributed by atoms with Crippen molar-refractivity contribution in [3.05, 3.63) is 24.3 Å². The molecule has 2 aliphatic rings. The number of nitrogens with zero attached hydrogens (tertiary/aromatic N) is 4. The Morgan fingerprint density at radius 3 is 2.29 bits per heavy atom. The zero-order chi connectivity index (χ0) is 31.0. The number of carbonyl (C=O) groups is 1. The van der Waals surface area contributed by atoms with Gasteiger partial charge in [0.2, 0.25) is 0 Å². The minimum atomic E-state index is -5.39. The van der Waals surface area contributed by atoms with E-state index in [1.165, 1.54) is 10.9 Å². The SMILES string of the molecule is CC(C)=CC(=O)O[C@H]1[C@H](COP(=O)(O)OP(=O)(O)OC[C@H]2O[C@@H](n3cnc4c(N)ncnc43)[C@H](O)[C@@H]2O)OC(O)[C@H]1O. The number of phosphoric acid groups is 2. The van der Waals surface area contributed by atoms with Crippen LogP contribution in [0.25, 0.3) is 11.2 Å². The number of fused-ring (bicyclic) bond motifs is 1. The Morgan fingerprint density at radius 1 is 1.00 bits per heavy atom. The molecule has 8 N–H and O–H groups in total. The molecule has 234 valence electrons. The van der Waals surface area contributed by atoms with Crippen LogP contribution in [0.4, 0.5) is 5.82 Å². The number of ether oxygens (including phenoxy) is 3. The summed E-state index contributed by atoms with van der Waals surface area (Å²) in [5, 5.41) is 40.6. The molecule has 0 bridgehead atoms. The molecule has 0 aromatic carbocycles. The molecule has 0 saturated carbocycles. The van der Waals surface area contributed by atoms with Gasteiger partial charge in [-0.05, 0) is 13.8 Å². The van der Waals surface area contributed by atoms with E-state index in [0.717, 1.165) is 12.4 Å². The third-order valence-electron chi connectivity index (χ3n) is 5.98. The smallest absolute Gasteiger partial charge is 0.453 e. The Labute approximate surface area is 236 Å². The van der Waals surface area contributed by atoms with Gasteiger partial charge in [0.15, 0.2) is 30.1 Å². The van der Waals surface area contributed by atoms with Gasteiger partial charge in [0.25, 0.3) is 0 Å². The van der Waals surface area contributed by atoms with Crippen molar-refractivity contribution >= 4 is 38.6 Å². The van der Waals surface area contributed by atoms with Crippen LogP contribution in [0.5, 0.6) is 0 Å². The predicted octanol–water partition coefficient (Wildman–Crippen LogP) is -1.77. The van der Waals surface area contributed by atoms with E-state index in [9.17, 15) is 44.1 Å². The number of nitrogens with two attached hydrogens (primary N) is 1. The van der Waals surface area contributed by atoms with E-state index in [4.69, 9.17) is 19.9 Å². The van der Waals surface area contributed by atoms with Gasteiger partial charge in [0.05, 0.1) is 19.5 Å². The topological polar surface area (TPSA) is 298 Å². The molecule has 0 aliphatic carbocycles. The van der Waals surface area contributed by atoms with Crippen LogP contribution in [-0.2, 0) is 41.5 Å². The van der Waals surface area contributed by atoms with E-state index in [1.54, 1.807) is 13.8 Å². The third-order valence-corrected chi connectivity index (χ3v) is 8.58. The number of aromatic nitrogens is 4. The normalized spacial score (nSPS) is 32.4. The van der Waals surface area contributed by atoms with E-state index in [0.29, 0.717) is 5.57 Å². The summed E-state index contributed by atoms with van der Waals surface area (Å²) in [6, 6.07) is 0. The second kappa shape index (κ2) is 12.7. The lowest BCUT2D eigenvalue weighted by molar-refractivity contribution is -0.150. The lowest BCUT2D eigenvalue weighted by Crippen LogP contribution is -2.38. The average Bonchev–Trinajstić information content (AvgIpc) is 3.52. The molecular weight excluding hydrogens is 612 g/mol. The van der Waals surface area contributed by atoms with Crippen LogP contribution in [0.3, 0.4) is 0 Å². The van der Waals surface area contributed by atoms with Crippen LogP contribution >= 0.6 is 15.6 Å². The van der Waals surface area contributed by atoms with Crippen molar-refractivity contribution in [2.75, 3.05) is 18.9 Å². The van der Waals surface area contributed by atoms with Gasteiger partial charge in [-0.3, -0.25) is 13.6 Å². The Balaban J connectivity index is 1.33. The molecule has 2 aromatic rings. The number of allylic oxidation sites excluding steroid dienone is 1. The number of phosphoric ester groups is 2. The van der Waals surface area contributed by atoms with Crippen molar-refractivity contribution < 1.29 is 71.7 Å². The summed E-state index contributed by atoms with van der Waals surface area (Å²) in [4.78, 5) is 43.7. The molecule has 42 heavy (non-hydrogen) atoms. The Kier molecular flexibility index (Phi) is 9.80. The molecule has 0 radical (unpaired) electrons. The predicted molar refractivity (Wildman–Crippen MR) is 134 cm³/mol. The molecular formula is C20H29N5O15P2. The zero-order valence-electron chi connectivity index (χ0n) is 21.9. The number of imidazole rings is 1. The first kappa shape index (κ1) is 32.5. The van der Waals surface area contributed by atoms with E-state index in [1.807, 2.05) is 0 Å². The quantitative estimate of drug-likeness (QED) is 0.0811. The second-order valence-corrected chi connectivity index (χ2v) is 12.5. The Hall–Kier alpha value is -2.42. The maximum Gasteiger partial charge on any atom is 0.481 e.